The van der Waals surface area contributed by atoms with E-state index in [1.54, 1.807) is 0 Å². The van der Waals surface area contributed by atoms with Gasteiger partial charge in [0.1, 0.15) is 0 Å². The summed E-state index contributed by atoms with van der Waals surface area (Å²) < 4.78 is 79.9. The van der Waals surface area contributed by atoms with Crippen LogP contribution in [0.5, 0.6) is 0 Å². The van der Waals surface area contributed by atoms with E-state index < -0.39 is 34.5 Å². The minimum atomic E-state index is -4.68. The molecule has 0 saturated heterocycles. The summed E-state index contributed by atoms with van der Waals surface area (Å²) in [4.78, 5) is 12.2. The number of fused-ring (bicyclic) bond motifs is 1. The van der Waals surface area contributed by atoms with Crippen molar-refractivity contribution < 1.29 is 31.1 Å². The van der Waals surface area contributed by atoms with Crippen LogP contribution in [0.2, 0.25) is 5.02 Å². The highest BCUT2D eigenvalue weighted by molar-refractivity contribution is 6.31. The number of rotatable bonds is 3. The lowest BCUT2D eigenvalue weighted by Crippen LogP contribution is -2.20. The van der Waals surface area contributed by atoms with Crippen LogP contribution in [0.4, 0.5) is 42.5 Å². The molecular formula is C22H13ClF6N4O. The zero-order chi connectivity index (χ0) is 24.7. The van der Waals surface area contributed by atoms with Crippen molar-refractivity contribution in [2.45, 2.75) is 12.4 Å². The zero-order valence-electron chi connectivity index (χ0n) is 16.8. The van der Waals surface area contributed by atoms with E-state index in [0.29, 0.717) is 17.4 Å². The number of urea groups is 1. The van der Waals surface area contributed by atoms with Gasteiger partial charge in [-0.3, -0.25) is 0 Å². The molecule has 0 aliphatic carbocycles. The summed E-state index contributed by atoms with van der Waals surface area (Å²) >= 11 is 5.56. The molecule has 0 fully saturated rings. The van der Waals surface area contributed by atoms with Crippen LogP contribution < -0.4 is 10.6 Å². The fraction of sp³-hybridized carbons (Fsp3) is 0.0909. The summed E-state index contributed by atoms with van der Waals surface area (Å²) in [5.74, 6) is 0. The van der Waals surface area contributed by atoms with Crippen LogP contribution >= 0.6 is 11.6 Å². The van der Waals surface area contributed by atoms with Gasteiger partial charge in [-0.2, -0.15) is 31.4 Å². The number of hydrogen-bond acceptors (Lipinski definition) is 2. The van der Waals surface area contributed by atoms with Gasteiger partial charge in [0, 0.05) is 16.8 Å². The first kappa shape index (κ1) is 23.4. The molecule has 0 radical (unpaired) electrons. The number of aromatic nitrogens is 2. The van der Waals surface area contributed by atoms with Crippen molar-refractivity contribution in [3.05, 3.63) is 83.0 Å². The highest BCUT2D eigenvalue weighted by atomic mass is 35.5. The van der Waals surface area contributed by atoms with Gasteiger partial charge >= 0.3 is 18.4 Å². The van der Waals surface area contributed by atoms with Crippen LogP contribution in [0, 0.1) is 0 Å². The van der Waals surface area contributed by atoms with Crippen LogP contribution in [0.1, 0.15) is 11.1 Å². The van der Waals surface area contributed by atoms with Gasteiger partial charge in [0.25, 0.3) is 0 Å². The van der Waals surface area contributed by atoms with Crippen LogP contribution in [0.15, 0.2) is 66.9 Å². The van der Waals surface area contributed by atoms with Gasteiger partial charge < -0.3 is 10.6 Å². The normalized spacial score (nSPS) is 12.1. The Bertz CT molecular complexity index is 1360. The van der Waals surface area contributed by atoms with Gasteiger partial charge in [-0.25, -0.2) is 9.48 Å². The van der Waals surface area contributed by atoms with E-state index in [-0.39, 0.29) is 16.6 Å². The average molecular weight is 499 g/mol. The first-order chi connectivity index (χ1) is 15.9. The molecule has 0 aliphatic rings. The molecule has 4 aromatic rings. The van der Waals surface area contributed by atoms with Crippen molar-refractivity contribution in [3.8, 4) is 5.69 Å². The van der Waals surface area contributed by atoms with Gasteiger partial charge in [-0.1, -0.05) is 17.7 Å². The molecule has 3 aromatic carbocycles. The Hall–Kier alpha value is -3.73. The maximum atomic E-state index is 13.2. The van der Waals surface area contributed by atoms with E-state index in [1.807, 2.05) is 0 Å². The molecule has 2 amide bonds. The van der Waals surface area contributed by atoms with Crippen molar-refractivity contribution in [3.63, 3.8) is 0 Å². The molecule has 5 nitrogen and oxygen atoms in total. The van der Waals surface area contributed by atoms with Gasteiger partial charge in [0.05, 0.1) is 33.6 Å². The lowest BCUT2D eigenvalue weighted by atomic mass is 10.1. The second kappa shape index (κ2) is 8.56. The standard InChI is InChI=1S/C22H13ClF6N4O/c23-18-9-6-13(10-17(18)22(27,28)29)32-20(34)31-12-4-7-14(8-5-12)33-19-3-1-2-16(21(24,25)26)15(19)11-30-33/h1-11H,(H2,31,32,34). The highest BCUT2D eigenvalue weighted by Crippen LogP contribution is 2.37. The molecule has 0 aliphatic heterocycles. The molecule has 4 rings (SSSR count). The number of nitrogens with one attached hydrogen (secondary N) is 2. The molecule has 2 N–H and O–H groups in total. The first-order valence-electron chi connectivity index (χ1n) is 9.52. The first-order valence-corrected chi connectivity index (χ1v) is 9.90. The predicted molar refractivity (Wildman–Crippen MR) is 115 cm³/mol. The maximum Gasteiger partial charge on any atom is 0.417 e. The molecule has 0 saturated carbocycles. The third kappa shape index (κ3) is 4.79. The quantitative estimate of drug-likeness (QED) is 0.290. The number of anilines is 2. The van der Waals surface area contributed by atoms with Crippen molar-refractivity contribution in [1.29, 1.82) is 0 Å². The minimum absolute atomic E-state index is 0.0576. The monoisotopic (exact) mass is 498 g/mol. The van der Waals surface area contributed by atoms with Crippen LogP contribution in [-0.2, 0) is 12.4 Å². The average Bonchev–Trinajstić information content (AvgIpc) is 3.18. The number of carbonyl (C=O) groups excluding carboxylic acids is 1. The Balaban J connectivity index is 1.50. The van der Waals surface area contributed by atoms with Crippen molar-refractivity contribution in [2.24, 2.45) is 0 Å². The smallest absolute Gasteiger partial charge is 0.308 e. The number of nitrogens with zero attached hydrogens (tertiary/aromatic N) is 2. The summed E-state index contributed by atoms with van der Waals surface area (Å²) in [6.07, 6.45) is -8.09. The Labute approximate surface area is 192 Å². The number of hydrogen-bond donors (Lipinski definition) is 2. The second-order valence-corrected chi connectivity index (χ2v) is 7.52. The molecule has 34 heavy (non-hydrogen) atoms. The van der Waals surface area contributed by atoms with E-state index in [0.717, 1.165) is 18.3 Å². The summed E-state index contributed by atoms with van der Waals surface area (Å²) in [5, 5.41) is 8.22. The second-order valence-electron chi connectivity index (χ2n) is 7.11. The molecule has 0 atom stereocenters. The third-order valence-corrected chi connectivity index (χ3v) is 5.15. The molecule has 0 bridgehead atoms. The van der Waals surface area contributed by atoms with Gasteiger partial charge in [0.2, 0.25) is 0 Å². The molecule has 12 heteroatoms. The molecule has 1 aromatic heterocycles. The maximum absolute atomic E-state index is 13.2. The molecule has 0 spiro atoms. The molecule has 1 heterocycles. The van der Waals surface area contributed by atoms with E-state index in [4.69, 9.17) is 11.6 Å². The fourth-order valence-electron chi connectivity index (χ4n) is 3.30. The number of amides is 2. The summed E-state index contributed by atoms with van der Waals surface area (Å²) in [7, 11) is 0. The van der Waals surface area contributed by atoms with Crippen LogP contribution in [0.25, 0.3) is 16.6 Å². The van der Waals surface area contributed by atoms with Crippen molar-refractivity contribution in [1.82, 2.24) is 9.78 Å². The SMILES string of the molecule is O=C(Nc1ccc(-n2ncc3c(C(F)(F)F)cccc32)cc1)Nc1ccc(Cl)c(C(F)(F)F)c1. The van der Waals surface area contributed by atoms with Crippen LogP contribution in [0.3, 0.4) is 0 Å². The fourth-order valence-corrected chi connectivity index (χ4v) is 3.53. The van der Waals surface area contributed by atoms with E-state index in [2.05, 4.69) is 15.7 Å². The summed E-state index contributed by atoms with van der Waals surface area (Å²) in [6.45, 7) is 0. The minimum Gasteiger partial charge on any atom is -0.308 e. The number of halogens is 7. The van der Waals surface area contributed by atoms with Gasteiger partial charge in [-0.15, -0.1) is 0 Å². The molecular weight excluding hydrogens is 486 g/mol. The largest absolute Gasteiger partial charge is 0.417 e. The van der Waals surface area contributed by atoms with Crippen LogP contribution in [-0.4, -0.2) is 15.8 Å². The number of alkyl halides is 6. The topological polar surface area (TPSA) is 59.0 Å². The van der Waals surface area contributed by atoms with Crippen molar-refractivity contribution >= 4 is 39.9 Å². The third-order valence-electron chi connectivity index (χ3n) is 4.82. The Morgan fingerprint density at radius 1 is 0.824 bits per heavy atom. The summed E-state index contributed by atoms with van der Waals surface area (Å²) in [5.41, 5.74) is -1.03. The van der Waals surface area contributed by atoms with E-state index >= 15 is 0 Å². The van der Waals surface area contributed by atoms with E-state index in [1.165, 1.54) is 47.1 Å². The molecule has 176 valence electrons. The lowest BCUT2D eigenvalue weighted by molar-refractivity contribution is -0.137. The molecule has 0 unspecified atom stereocenters. The van der Waals surface area contributed by atoms with Gasteiger partial charge in [-0.05, 0) is 54.6 Å². The number of benzene rings is 3. The van der Waals surface area contributed by atoms with Crippen molar-refractivity contribution in [2.75, 3.05) is 10.6 Å². The summed E-state index contributed by atoms with van der Waals surface area (Å²) in [6, 6.07) is 11.9. The Morgan fingerprint density at radius 2 is 1.44 bits per heavy atom. The Morgan fingerprint density at radius 3 is 2.09 bits per heavy atom. The number of carbonyl (C=O) groups is 1. The Kier molecular flexibility index (Phi) is 5.90. The highest BCUT2D eigenvalue weighted by Gasteiger charge is 2.34. The zero-order valence-corrected chi connectivity index (χ0v) is 17.6. The van der Waals surface area contributed by atoms with E-state index in [9.17, 15) is 31.1 Å². The lowest BCUT2D eigenvalue weighted by Gasteiger charge is -2.12. The van der Waals surface area contributed by atoms with Gasteiger partial charge in [0.15, 0.2) is 0 Å². The predicted octanol–water partition coefficient (Wildman–Crippen LogP) is 7.36.